The van der Waals surface area contributed by atoms with Crippen LogP contribution < -0.4 is 0 Å². The van der Waals surface area contributed by atoms with E-state index in [2.05, 4.69) is 11.1 Å². The first-order chi connectivity index (χ1) is 14.0. The molecule has 0 bridgehead atoms. The van der Waals surface area contributed by atoms with Crippen LogP contribution in [0.1, 0.15) is 16.7 Å². The van der Waals surface area contributed by atoms with Gasteiger partial charge in [0.25, 0.3) is 0 Å². The molecular weight excluding hydrogens is 391 g/mol. The van der Waals surface area contributed by atoms with Gasteiger partial charge in [-0.2, -0.15) is 13.2 Å². The highest BCUT2D eigenvalue weighted by atomic mass is 32.2. The molecule has 1 nitrogen and oxygen atoms in total. The summed E-state index contributed by atoms with van der Waals surface area (Å²) in [6.07, 6.45) is -0.622. The predicted molar refractivity (Wildman–Crippen MR) is 113 cm³/mol. The maximum Gasteiger partial charge on any atom is 0.416 e. The summed E-state index contributed by atoms with van der Waals surface area (Å²) in [4.78, 5) is 5.72. The Bertz CT molecular complexity index is 1160. The highest BCUT2D eigenvalue weighted by Gasteiger charge is 2.29. The van der Waals surface area contributed by atoms with Gasteiger partial charge in [0.2, 0.25) is 0 Å². The molecule has 0 aliphatic rings. The number of benzene rings is 3. The monoisotopic (exact) mass is 407 g/mol. The zero-order valence-corrected chi connectivity index (χ0v) is 16.0. The van der Waals surface area contributed by atoms with Gasteiger partial charge in [-0.15, -0.1) is 0 Å². The van der Waals surface area contributed by atoms with Crippen molar-refractivity contribution in [3.63, 3.8) is 0 Å². The van der Waals surface area contributed by atoms with Crippen LogP contribution in [0.25, 0.3) is 23.1 Å². The van der Waals surface area contributed by atoms with Gasteiger partial charge in [0, 0.05) is 10.3 Å². The van der Waals surface area contributed by atoms with E-state index >= 15 is 0 Å². The zero-order valence-electron chi connectivity index (χ0n) is 15.2. The Morgan fingerprint density at radius 3 is 2.28 bits per heavy atom. The molecule has 4 rings (SSSR count). The minimum Gasteiger partial charge on any atom is -0.241 e. The van der Waals surface area contributed by atoms with E-state index < -0.39 is 11.7 Å². The molecule has 0 unspecified atom stereocenters. The smallest absolute Gasteiger partial charge is 0.241 e. The first-order valence-corrected chi connectivity index (χ1v) is 9.78. The maximum absolute atomic E-state index is 12.7. The van der Waals surface area contributed by atoms with E-state index in [1.54, 1.807) is 17.8 Å². The molecule has 0 saturated carbocycles. The molecule has 5 heteroatoms. The SMILES string of the molecule is FC(F)(F)c1ccc(/C=C/c2cccc(Sc3ccc4ccccc4n3)c2)cc1. The Balaban J connectivity index is 1.50. The van der Waals surface area contributed by atoms with Crippen molar-refractivity contribution < 1.29 is 13.2 Å². The van der Waals surface area contributed by atoms with E-state index in [1.165, 1.54) is 12.1 Å². The Kier molecular flexibility index (Phi) is 5.41. The van der Waals surface area contributed by atoms with Crippen molar-refractivity contribution in [1.29, 1.82) is 0 Å². The van der Waals surface area contributed by atoms with E-state index in [0.29, 0.717) is 5.56 Å². The third kappa shape index (κ3) is 4.87. The van der Waals surface area contributed by atoms with Gasteiger partial charge in [-0.1, -0.05) is 72.4 Å². The lowest BCUT2D eigenvalue weighted by Gasteiger charge is -2.06. The van der Waals surface area contributed by atoms with Crippen molar-refractivity contribution in [2.24, 2.45) is 0 Å². The van der Waals surface area contributed by atoms with Crippen molar-refractivity contribution in [2.75, 3.05) is 0 Å². The molecule has 1 heterocycles. The zero-order chi connectivity index (χ0) is 20.3. The molecule has 0 fully saturated rings. The molecule has 29 heavy (non-hydrogen) atoms. The Labute approximate surface area is 170 Å². The van der Waals surface area contributed by atoms with E-state index in [-0.39, 0.29) is 0 Å². The van der Waals surface area contributed by atoms with Crippen molar-refractivity contribution in [2.45, 2.75) is 16.1 Å². The van der Waals surface area contributed by atoms with Gasteiger partial charge in [-0.3, -0.25) is 0 Å². The first-order valence-electron chi connectivity index (χ1n) is 8.96. The number of alkyl halides is 3. The van der Waals surface area contributed by atoms with E-state index in [4.69, 9.17) is 0 Å². The van der Waals surface area contributed by atoms with Gasteiger partial charge >= 0.3 is 6.18 Å². The van der Waals surface area contributed by atoms with Crippen molar-refractivity contribution in [3.8, 4) is 0 Å². The molecule has 0 aliphatic heterocycles. The van der Waals surface area contributed by atoms with Gasteiger partial charge in [-0.25, -0.2) is 4.98 Å². The Hall–Kier alpha value is -3.05. The van der Waals surface area contributed by atoms with Crippen LogP contribution in [0.5, 0.6) is 0 Å². The quantitative estimate of drug-likeness (QED) is 0.324. The van der Waals surface area contributed by atoms with Crippen molar-refractivity contribution >= 4 is 34.8 Å². The Morgan fingerprint density at radius 2 is 1.48 bits per heavy atom. The maximum atomic E-state index is 12.7. The molecule has 0 radical (unpaired) electrons. The van der Waals surface area contributed by atoms with Crippen LogP contribution in [0.15, 0.2) is 94.9 Å². The van der Waals surface area contributed by atoms with Crippen LogP contribution in [0.3, 0.4) is 0 Å². The third-order valence-electron chi connectivity index (χ3n) is 4.36. The van der Waals surface area contributed by atoms with E-state index in [1.807, 2.05) is 60.7 Å². The average molecular weight is 407 g/mol. The summed E-state index contributed by atoms with van der Waals surface area (Å²) in [5, 5.41) is 2.01. The van der Waals surface area contributed by atoms with Crippen LogP contribution in [-0.2, 0) is 6.18 Å². The highest BCUT2D eigenvalue weighted by Crippen LogP contribution is 2.30. The summed E-state index contributed by atoms with van der Waals surface area (Å²) in [5.74, 6) is 0. The van der Waals surface area contributed by atoms with Gasteiger partial charge in [0.1, 0.15) is 5.03 Å². The normalized spacial score (nSPS) is 12.0. The number of aromatic nitrogens is 1. The summed E-state index contributed by atoms with van der Waals surface area (Å²) in [6, 6.07) is 25.1. The molecule has 0 aliphatic carbocycles. The molecule has 0 saturated heterocycles. The fourth-order valence-corrected chi connectivity index (χ4v) is 3.75. The third-order valence-corrected chi connectivity index (χ3v) is 5.29. The number of hydrogen-bond donors (Lipinski definition) is 0. The largest absolute Gasteiger partial charge is 0.416 e. The van der Waals surface area contributed by atoms with Crippen LogP contribution in [0.4, 0.5) is 13.2 Å². The summed E-state index contributed by atoms with van der Waals surface area (Å²) in [7, 11) is 0. The molecule has 0 atom stereocenters. The predicted octanol–water partition coefficient (Wildman–Crippen LogP) is 7.58. The molecule has 3 aromatic carbocycles. The second kappa shape index (κ2) is 8.13. The Morgan fingerprint density at radius 1 is 0.724 bits per heavy atom. The lowest BCUT2D eigenvalue weighted by atomic mass is 10.1. The number of rotatable bonds is 4. The topological polar surface area (TPSA) is 12.9 Å². The number of nitrogens with zero attached hydrogens (tertiary/aromatic N) is 1. The minimum absolute atomic E-state index is 0.643. The van der Waals surface area contributed by atoms with E-state index in [0.717, 1.165) is 38.5 Å². The molecule has 0 amide bonds. The molecular formula is C24H16F3NS. The number of para-hydroxylation sites is 1. The van der Waals surface area contributed by atoms with E-state index in [9.17, 15) is 13.2 Å². The highest BCUT2D eigenvalue weighted by molar-refractivity contribution is 7.99. The molecule has 1 aromatic heterocycles. The van der Waals surface area contributed by atoms with Gasteiger partial charge < -0.3 is 0 Å². The van der Waals surface area contributed by atoms with Crippen LogP contribution in [0, 0.1) is 0 Å². The molecule has 0 spiro atoms. The fraction of sp³-hybridized carbons (Fsp3) is 0.0417. The van der Waals surface area contributed by atoms with Crippen LogP contribution in [-0.4, -0.2) is 4.98 Å². The molecule has 4 aromatic rings. The van der Waals surface area contributed by atoms with Gasteiger partial charge in [0.05, 0.1) is 11.1 Å². The van der Waals surface area contributed by atoms with Crippen molar-refractivity contribution in [3.05, 3.63) is 102 Å². The van der Waals surface area contributed by atoms with Gasteiger partial charge in [-0.05, 0) is 47.5 Å². The number of pyridine rings is 1. The summed E-state index contributed by atoms with van der Waals surface area (Å²) < 4.78 is 38.0. The summed E-state index contributed by atoms with van der Waals surface area (Å²) >= 11 is 1.57. The second-order valence-corrected chi connectivity index (χ2v) is 7.56. The van der Waals surface area contributed by atoms with Crippen LogP contribution >= 0.6 is 11.8 Å². The number of fused-ring (bicyclic) bond motifs is 1. The van der Waals surface area contributed by atoms with Crippen molar-refractivity contribution in [1.82, 2.24) is 4.98 Å². The lowest BCUT2D eigenvalue weighted by Crippen LogP contribution is -2.03. The minimum atomic E-state index is -4.31. The lowest BCUT2D eigenvalue weighted by molar-refractivity contribution is -0.137. The summed E-state index contributed by atoms with van der Waals surface area (Å²) in [6.45, 7) is 0. The molecule has 144 valence electrons. The standard InChI is InChI=1S/C24H16F3NS/c25-24(26,27)20-13-10-17(11-14-20)8-9-18-4-3-6-21(16-18)29-23-15-12-19-5-1-2-7-22(19)28-23/h1-16H/b9-8+. The summed E-state index contributed by atoms with van der Waals surface area (Å²) in [5.41, 5.74) is 2.00. The molecule has 0 N–H and O–H groups in total. The first kappa shape index (κ1) is 19.3. The van der Waals surface area contributed by atoms with Crippen LogP contribution in [0.2, 0.25) is 0 Å². The second-order valence-electron chi connectivity index (χ2n) is 6.47. The number of hydrogen-bond acceptors (Lipinski definition) is 2. The average Bonchev–Trinajstić information content (AvgIpc) is 2.72. The fourth-order valence-electron chi connectivity index (χ4n) is 2.88. The van der Waals surface area contributed by atoms with Gasteiger partial charge in [0.15, 0.2) is 0 Å². The number of halogens is 3.